The van der Waals surface area contributed by atoms with Crippen LogP contribution in [0.25, 0.3) is 0 Å². The summed E-state index contributed by atoms with van der Waals surface area (Å²) in [4.78, 5) is 17.4. The molecule has 1 aromatic heterocycles. The predicted octanol–water partition coefficient (Wildman–Crippen LogP) is 2.97. The zero-order chi connectivity index (χ0) is 18.0. The molecular weight excluding hydrogens is 312 g/mol. The number of hydrogen-bond acceptors (Lipinski definition) is 3. The topological polar surface area (TPSA) is 41.4 Å². The lowest BCUT2D eigenvalue weighted by atomic mass is 10.0. The second kappa shape index (κ2) is 7.40. The molecule has 134 valence electrons. The molecule has 1 saturated heterocycles. The zero-order valence-electron chi connectivity index (χ0n) is 15.6. The van der Waals surface area contributed by atoms with Gasteiger partial charge >= 0.3 is 0 Å². The first-order chi connectivity index (χ1) is 12.0. The van der Waals surface area contributed by atoms with Gasteiger partial charge in [-0.15, -0.1) is 0 Å². The van der Waals surface area contributed by atoms with Crippen LogP contribution in [-0.4, -0.2) is 52.2 Å². The molecule has 25 heavy (non-hydrogen) atoms. The van der Waals surface area contributed by atoms with Gasteiger partial charge in [-0.05, 0) is 39.4 Å². The van der Waals surface area contributed by atoms with E-state index in [0.717, 1.165) is 31.0 Å². The van der Waals surface area contributed by atoms with Crippen molar-refractivity contribution in [1.82, 2.24) is 19.6 Å². The summed E-state index contributed by atoms with van der Waals surface area (Å²) in [6, 6.07) is 12.6. The summed E-state index contributed by atoms with van der Waals surface area (Å²) in [5.41, 5.74) is 3.32. The van der Waals surface area contributed by atoms with Crippen LogP contribution in [0.1, 0.15) is 42.4 Å². The van der Waals surface area contributed by atoms with Crippen LogP contribution in [0.15, 0.2) is 36.4 Å². The molecule has 0 aliphatic carbocycles. The Morgan fingerprint density at radius 2 is 1.96 bits per heavy atom. The molecule has 1 aromatic carbocycles. The number of benzene rings is 1. The van der Waals surface area contributed by atoms with Crippen molar-refractivity contribution in [2.45, 2.75) is 39.3 Å². The first-order valence-corrected chi connectivity index (χ1v) is 9.01. The fourth-order valence-corrected chi connectivity index (χ4v) is 3.73. The number of rotatable bonds is 4. The predicted molar refractivity (Wildman–Crippen MR) is 99.4 cm³/mol. The lowest BCUT2D eigenvalue weighted by molar-refractivity contribution is -0.137. The van der Waals surface area contributed by atoms with Gasteiger partial charge in [0, 0.05) is 31.7 Å². The van der Waals surface area contributed by atoms with Gasteiger partial charge in [0.15, 0.2) is 0 Å². The average Bonchev–Trinajstić information content (AvgIpc) is 2.94. The van der Waals surface area contributed by atoms with Crippen LogP contribution < -0.4 is 0 Å². The Morgan fingerprint density at radius 3 is 2.60 bits per heavy atom. The highest BCUT2D eigenvalue weighted by Gasteiger charge is 2.31. The van der Waals surface area contributed by atoms with Crippen LogP contribution in [0.3, 0.4) is 0 Å². The van der Waals surface area contributed by atoms with Crippen molar-refractivity contribution in [3.63, 3.8) is 0 Å². The first-order valence-electron chi connectivity index (χ1n) is 9.01. The van der Waals surface area contributed by atoms with Gasteiger partial charge in [-0.2, -0.15) is 5.10 Å². The molecule has 1 aliphatic rings. The van der Waals surface area contributed by atoms with Gasteiger partial charge in [0.05, 0.1) is 17.8 Å². The summed E-state index contributed by atoms with van der Waals surface area (Å²) in [5.74, 6) is 0.210. The fraction of sp³-hybridized carbons (Fsp3) is 0.500. The third kappa shape index (κ3) is 3.93. The average molecular weight is 340 g/mol. The number of aryl methyl sites for hydroxylation is 2. The largest absolute Gasteiger partial charge is 0.333 e. The third-order valence-corrected chi connectivity index (χ3v) is 5.02. The highest BCUT2D eigenvalue weighted by atomic mass is 16.2. The summed E-state index contributed by atoms with van der Waals surface area (Å²) in [5, 5.41) is 4.54. The van der Waals surface area contributed by atoms with Crippen LogP contribution in [0, 0.1) is 13.8 Å². The molecule has 0 spiro atoms. The first kappa shape index (κ1) is 17.7. The van der Waals surface area contributed by atoms with E-state index in [9.17, 15) is 4.79 Å². The van der Waals surface area contributed by atoms with Gasteiger partial charge in [0.1, 0.15) is 0 Å². The second-order valence-electron chi connectivity index (χ2n) is 7.20. The molecular formula is C20H28N4O. The smallest absolute Gasteiger partial charge is 0.225 e. The maximum Gasteiger partial charge on any atom is 0.225 e. The van der Waals surface area contributed by atoms with Crippen molar-refractivity contribution < 1.29 is 4.79 Å². The van der Waals surface area contributed by atoms with Crippen molar-refractivity contribution in [2.75, 3.05) is 26.7 Å². The molecule has 1 aliphatic heterocycles. The molecule has 2 unspecified atom stereocenters. The van der Waals surface area contributed by atoms with Crippen molar-refractivity contribution in [3.05, 3.63) is 53.3 Å². The molecule has 2 aromatic rings. The molecule has 5 nitrogen and oxygen atoms in total. The summed E-state index contributed by atoms with van der Waals surface area (Å²) < 4.78 is 1.97. The Balaban J connectivity index is 1.76. The number of hydrogen-bond donors (Lipinski definition) is 0. The van der Waals surface area contributed by atoms with Crippen LogP contribution in [-0.2, 0) is 4.79 Å². The number of carbonyl (C=O) groups is 1. The maximum absolute atomic E-state index is 13.1. The van der Waals surface area contributed by atoms with Crippen molar-refractivity contribution in [3.8, 4) is 0 Å². The van der Waals surface area contributed by atoms with E-state index >= 15 is 0 Å². The molecule has 0 radical (unpaired) electrons. The van der Waals surface area contributed by atoms with Gasteiger partial charge in [0.2, 0.25) is 5.91 Å². The van der Waals surface area contributed by atoms with Gasteiger partial charge in [-0.1, -0.05) is 30.3 Å². The van der Waals surface area contributed by atoms with Crippen LogP contribution in [0.2, 0.25) is 0 Å². The van der Waals surface area contributed by atoms with E-state index in [4.69, 9.17) is 0 Å². The van der Waals surface area contributed by atoms with Gasteiger partial charge in [-0.25, -0.2) is 0 Å². The summed E-state index contributed by atoms with van der Waals surface area (Å²) >= 11 is 0. The van der Waals surface area contributed by atoms with E-state index in [1.807, 2.05) is 36.7 Å². The minimum Gasteiger partial charge on any atom is -0.333 e. The molecule has 3 rings (SSSR count). The molecule has 2 heterocycles. The Hall–Kier alpha value is -2.14. The normalized spacial score (nSPS) is 19.8. The molecule has 1 fully saturated rings. The Kier molecular flexibility index (Phi) is 5.23. The van der Waals surface area contributed by atoms with Crippen LogP contribution >= 0.6 is 0 Å². The minimum absolute atomic E-state index is 0.0669. The maximum atomic E-state index is 13.1. The van der Waals surface area contributed by atoms with E-state index in [1.54, 1.807) is 0 Å². The lowest BCUT2D eigenvalue weighted by Crippen LogP contribution is -2.49. The second-order valence-corrected chi connectivity index (χ2v) is 7.20. The molecule has 2 atom stereocenters. The molecule has 0 bridgehead atoms. The van der Waals surface area contributed by atoms with E-state index in [-0.39, 0.29) is 18.0 Å². The van der Waals surface area contributed by atoms with Crippen LogP contribution in [0.5, 0.6) is 0 Å². The lowest BCUT2D eigenvalue weighted by Gasteiger charge is -2.40. The number of carbonyl (C=O) groups excluding carboxylic acids is 1. The highest BCUT2D eigenvalue weighted by Crippen LogP contribution is 2.27. The number of amides is 1. The number of piperazine rings is 1. The standard InChI is InChI=1S/C20H28N4O/c1-15-12-16(2)24(21-15)17(3)13-20(25)23-11-10-22(4)14-19(23)18-8-6-5-7-9-18/h5-9,12,17,19H,10-11,13-14H2,1-4H3. The van der Waals surface area contributed by atoms with Gasteiger partial charge in [-0.3, -0.25) is 9.48 Å². The number of likely N-dealkylation sites (N-methyl/N-ethyl adjacent to an activating group) is 1. The summed E-state index contributed by atoms with van der Waals surface area (Å²) in [6.45, 7) is 8.69. The molecule has 0 N–H and O–H groups in total. The minimum atomic E-state index is 0.0669. The summed E-state index contributed by atoms with van der Waals surface area (Å²) in [6.07, 6.45) is 0.481. The van der Waals surface area contributed by atoms with Crippen LogP contribution in [0.4, 0.5) is 0 Å². The zero-order valence-corrected chi connectivity index (χ0v) is 15.6. The highest BCUT2D eigenvalue weighted by molar-refractivity contribution is 5.77. The van der Waals surface area contributed by atoms with Crippen molar-refractivity contribution in [2.24, 2.45) is 0 Å². The third-order valence-electron chi connectivity index (χ3n) is 5.02. The Morgan fingerprint density at radius 1 is 1.24 bits per heavy atom. The molecule has 1 amide bonds. The fourth-order valence-electron chi connectivity index (χ4n) is 3.73. The number of nitrogens with zero attached hydrogens (tertiary/aromatic N) is 4. The van der Waals surface area contributed by atoms with Gasteiger partial charge < -0.3 is 9.80 Å². The number of aromatic nitrogens is 2. The monoisotopic (exact) mass is 340 g/mol. The van der Waals surface area contributed by atoms with E-state index in [1.165, 1.54) is 5.56 Å². The summed E-state index contributed by atoms with van der Waals surface area (Å²) in [7, 11) is 2.12. The van der Waals surface area contributed by atoms with Crippen molar-refractivity contribution >= 4 is 5.91 Å². The van der Waals surface area contributed by atoms with Gasteiger partial charge in [0.25, 0.3) is 0 Å². The van der Waals surface area contributed by atoms with E-state index in [2.05, 4.69) is 47.1 Å². The molecule has 5 heteroatoms. The van der Waals surface area contributed by atoms with Crippen molar-refractivity contribution in [1.29, 1.82) is 0 Å². The SMILES string of the molecule is Cc1cc(C)n(C(C)CC(=O)N2CCN(C)CC2c2ccccc2)n1. The van der Waals surface area contributed by atoms with E-state index < -0.39 is 0 Å². The Labute approximate surface area is 150 Å². The Bertz CT molecular complexity index is 725. The van der Waals surface area contributed by atoms with E-state index in [0.29, 0.717) is 6.42 Å². The molecule has 0 saturated carbocycles. The quantitative estimate of drug-likeness (QED) is 0.859.